The van der Waals surface area contributed by atoms with Gasteiger partial charge in [-0.3, -0.25) is 4.79 Å². The van der Waals surface area contributed by atoms with Crippen molar-refractivity contribution < 1.29 is 4.79 Å². The van der Waals surface area contributed by atoms with E-state index in [4.69, 9.17) is 11.6 Å². The fraction of sp³-hybridized carbons (Fsp3) is 0.421. The summed E-state index contributed by atoms with van der Waals surface area (Å²) in [4.78, 5) is 14.5. The fourth-order valence-corrected chi connectivity index (χ4v) is 3.18. The lowest BCUT2D eigenvalue weighted by Gasteiger charge is -2.31. The molecule has 1 saturated heterocycles. The lowest BCUT2D eigenvalue weighted by molar-refractivity contribution is -0.125. The zero-order chi connectivity index (χ0) is 17.6. The van der Waals surface area contributed by atoms with E-state index >= 15 is 0 Å². The summed E-state index contributed by atoms with van der Waals surface area (Å²) in [5.74, 6) is 1.13. The number of piperidine rings is 1. The molecule has 2 heterocycles. The third-order valence-corrected chi connectivity index (χ3v) is 4.85. The Hall–Kier alpha value is -2.14. The first-order chi connectivity index (χ1) is 12.1. The maximum absolute atomic E-state index is 12.4. The number of aryl methyl sites for hydroxylation is 1. The molecular formula is C19H23ClN4O. The number of amides is 1. The summed E-state index contributed by atoms with van der Waals surface area (Å²) >= 11 is 5.88. The van der Waals surface area contributed by atoms with Crippen LogP contribution in [0.15, 0.2) is 36.4 Å². The van der Waals surface area contributed by atoms with E-state index in [0.717, 1.165) is 48.9 Å². The van der Waals surface area contributed by atoms with E-state index in [2.05, 4.69) is 20.4 Å². The Morgan fingerprint density at radius 3 is 2.52 bits per heavy atom. The van der Waals surface area contributed by atoms with E-state index in [9.17, 15) is 4.79 Å². The van der Waals surface area contributed by atoms with Crippen LogP contribution < -0.4 is 10.2 Å². The number of carbonyl (C=O) groups excluding carboxylic acids is 1. The largest absolute Gasteiger partial charge is 0.356 e. The van der Waals surface area contributed by atoms with Crippen molar-refractivity contribution in [3.63, 3.8) is 0 Å². The van der Waals surface area contributed by atoms with Gasteiger partial charge >= 0.3 is 0 Å². The Bertz CT molecular complexity index is 694. The summed E-state index contributed by atoms with van der Waals surface area (Å²) in [5, 5.41) is 12.1. The number of nitrogens with zero attached hydrogens (tertiary/aromatic N) is 3. The highest BCUT2D eigenvalue weighted by atomic mass is 35.5. The molecule has 1 fully saturated rings. The van der Waals surface area contributed by atoms with Crippen molar-refractivity contribution in [3.8, 4) is 0 Å². The Labute approximate surface area is 153 Å². The molecule has 0 spiro atoms. The van der Waals surface area contributed by atoms with Gasteiger partial charge in [0.05, 0.1) is 5.69 Å². The van der Waals surface area contributed by atoms with Crippen LogP contribution >= 0.6 is 11.6 Å². The third kappa shape index (κ3) is 4.92. The van der Waals surface area contributed by atoms with Gasteiger partial charge in [0.15, 0.2) is 5.82 Å². The molecule has 0 bridgehead atoms. The van der Waals surface area contributed by atoms with Gasteiger partial charge in [0, 0.05) is 30.6 Å². The molecule has 25 heavy (non-hydrogen) atoms. The van der Waals surface area contributed by atoms with Crippen molar-refractivity contribution in [1.29, 1.82) is 0 Å². The van der Waals surface area contributed by atoms with Crippen molar-refractivity contribution >= 4 is 23.3 Å². The van der Waals surface area contributed by atoms with Crippen LogP contribution in [0.25, 0.3) is 0 Å². The minimum Gasteiger partial charge on any atom is -0.356 e. The van der Waals surface area contributed by atoms with Gasteiger partial charge in [-0.15, -0.1) is 5.10 Å². The molecule has 6 heteroatoms. The predicted octanol–water partition coefficient (Wildman–Crippen LogP) is 3.01. The Balaban J connectivity index is 1.42. The summed E-state index contributed by atoms with van der Waals surface area (Å²) in [6, 6.07) is 11.7. The number of halogens is 1. The van der Waals surface area contributed by atoms with Crippen molar-refractivity contribution in [1.82, 2.24) is 15.5 Å². The van der Waals surface area contributed by atoms with Crippen LogP contribution in [0.2, 0.25) is 5.02 Å². The number of anilines is 1. The summed E-state index contributed by atoms with van der Waals surface area (Å²) in [6.07, 6.45) is 2.52. The van der Waals surface area contributed by atoms with Crippen molar-refractivity contribution in [3.05, 3.63) is 52.7 Å². The second kappa shape index (κ2) is 8.30. The second-order valence-electron chi connectivity index (χ2n) is 6.46. The van der Waals surface area contributed by atoms with Crippen molar-refractivity contribution in [2.45, 2.75) is 26.2 Å². The molecule has 5 nitrogen and oxygen atoms in total. The summed E-state index contributed by atoms with van der Waals surface area (Å²) in [7, 11) is 0. The minimum atomic E-state index is 0.0832. The first-order valence-electron chi connectivity index (χ1n) is 8.69. The monoisotopic (exact) mass is 358 g/mol. The van der Waals surface area contributed by atoms with E-state index in [1.165, 1.54) is 5.56 Å². The van der Waals surface area contributed by atoms with Gasteiger partial charge in [-0.2, -0.15) is 5.10 Å². The smallest absolute Gasteiger partial charge is 0.223 e. The SMILES string of the molecule is Cc1ccc(N2CCC(C(=O)NCCc3ccc(Cl)cc3)CC2)nn1. The number of rotatable bonds is 5. The van der Waals surface area contributed by atoms with Gasteiger partial charge in [0.1, 0.15) is 0 Å². The van der Waals surface area contributed by atoms with Gasteiger partial charge in [-0.1, -0.05) is 23.7 Å². The topological polar surface area (TPSA) is 58.1 Å². The Kier molecular flexibility index (Phi) is 5.87. The van der Waals surface area contributed by atoms with Crippen molar-refractivity contribution in [2.24, 2.45) is 5.92 Å². The standard InChI is InChI=1S/C19H23ClN4O/c1-14-2-7-18(23-22-14)24-12-9-16(10-13-24)19(25)21-11-8-15-3-5-17(20)6-4-15/h2-7,16H,8-13H2,1H3,(H,21,25). The Morgan fingerprint density at radius 1 is 1.16 bits per heavy atom. The van der Waals surface area contributed by atoms with Crippen LogP contribution in [0.5, 0.6) is 0 Å². The van der Waals surface area contributed by atoms with Crippen LogP contribution in [-0.2, 0) is 11.2 Å². The maximum atomic E-state index is 12.4. The van der Waals surface area contributed by atoms with Gasteiger partial charge in [0.2, 0.25) is 5.91 Å². The van der Waals surface area contributed by atoms with Crippen LogP contribution in [0.4, 0.5) is 5.82 Å². The highest BCUT2D eigenvalue weighted by Gasteiger charge is 2.25. The first kappa shape index (κ1) is 17.7. The molecule has 1 amide bonds. The molecule has 2 aromatic rings. The number of hydrogen-bond acceptors (Lipinski definition) is 4. The van der Waals surface area contributed by atoms with Crippen LogP contribution in [0.3, 0.4) is 0 Å². The average molecular weight is 359 g/mol. The number of nitrogens with one attached hydrogen (secondary N) is 1. The number of benzene rings is 1. The molecule has 1 aromatic heterocycles. The zero-order valence-electron chi connectivity index (χ0n) is 14.4. The Morgan fingerprint density at radius 2 is 1.88 bits per heavy atom. The lowest BCUT2D eigenvalue weighted by Crippen LogP contribution is -2.41. The molecule has 1 N–H and O–H groups in total. The predicted molar refractivity (Wildman–Crippen MR) is 99.9 cm³/mol. The molecular weight excluding hydrogens is 336 g/mol. The first-order valence-corrected chi connectivity index (χ1v) is 9.07. The summed E-state index contributed by atoms with van der Waals surface area (Å²) in [5.41, 5.74) is 2.09. The van der Waals surface area contributed by atoms with E-state index in [1.54, 1.807) is 0 Å². The van der Waals surface area contributed by atoms with Crippen LogP contribution in [0.1, 0.15) is 24.1 Å². The highest BCUT2D eigenvalue weighted by Crippen LogP contribution is 2.21. The molecule has 0 aliphatic carbocycles. The number of aromatic nitrogens is 2. The van der Waals surface area contributed by atoms with E-state index in [1.807, 2.05) is 43.3 Å². The van der Waals surface area contributed by atoms with E-state index in [-0.39, 0.29) is 11.8 Å². The summed E-state index contributed by atoms with van der Waals surface area (Å²) in [6.45, 7) is 4.27. The molecule has 132 valence electrons. The molecule has 0 unspecified atom stereocenters. The van der Waals surface area contributed by atoms with Crippen molar-refractivity contribution in [2.75, 3.05) is 24.5 Å². The van der Waals surface area contributed by atoms with E-state index < -0.39 is 0 Å². The molecule has 1 aliphatic rings. The second-order valence-corrected chi connectivity index (χ2v) is 6.90. The highest BCUT2D eigenvalue weighted by molar-refractivity contribution is 6.30. The fourth-order valence-electron chi connectivity index (χ4n) is 3.06. The van der Waals surface area contributed by atoms with E-state index in [0.29, 0.717) is 6.54 Å². The number of hydrogen-bond donors (Lipinski definition) is 1. The molecule has 0 atom stereocenters. The zero-order valence-corrected chi connectivity index (χ0v) is 15.2. The molecule has 0 radical (unpaired) electrons. The van der Waals surface area contributed by atoms with Gasteiger partial charge in [0.25, 0.3) is 0 Å². The average Bonchev–Trinajstić information content (AvgIpc) is 2.64. The quantitative estimate of drug-likeness (QED) is 0.892. The molecule has 0 saturated carbocycles. The van der Waals surface area contributed by atoms with Crippen LogP contribution in [-0.4, -0.2) is 35.7 Å². The summed E-state index contributed by atoms with van der Waals surface area (Å²) < 4.78 is 0. The minimum absolute atomic E-state index is 0.0832. The molecule has 1 aromatic carbocycles. The van der Waals surface area contributed by atoms with Gasteiger partial charge in [-0.05, 0) is 56.0 Å². The normalized spacial score (nSPS) is 15.2. The third-order valence-electron chi connectivity index (χ3n) is 4.60. The maximum Gasteiger partial charge on any atom is 0.223 e. The van der Waals surface area contributed by atoms with Crippen LogP contribution in [0, 0.1) is 12.8 Å². The molecule has 1 aliphatic heterocycles. The lowest BCUT2D eigenvalue weighted by atomic mass is 9.96. The van der Waals surface area contributed by atoms with Gasteiger partial charge < -0.3 is 10.2 Å². The number of carbonyl (C=O) groups is 1. The van der Waals surface area contributed by atoms with Gasteiger partial charge in [-0.25, -0.2) is 0 Å². The molecule has 3 rings (SSSR count).